The molecule has 1 heterocycles. The molecule has 7 heteroatoms. The maximum absolute atomic E-state index is 14.5. The van der Waals surface area contributed by atoms with Gasteiger partial charge in [0.25, 0.3) is 0 Å². The first-order chi connectivity index (χ1) is 12.0. The molecule has 0 amide bonds. The van der Waals surface area contributed by atoms with Crippen LogP contribution in [0.25, 0.3) is 0 Å². The molecule has 2 aromatic carbocycles. The number of nitrogens with one attached hydrogen (secondary N) is 1. The van der Waals surface area contributed by atoms with E-state index >= 15 is 0 Å². The fourth-order valence-electron chi connectivity index (χ4n) is 2.82. The van der Waals surface area contributed by atoms with Crippen molar-refractivity contribution in [3.05, 3.63) is 66.0 Å². The highest BCUT2D eigenvalue weighted by molar-refractivity contribution is 8.27. The third-order valence-electron chi connectivity index (χ3n) is 3.99. The minimum absolute atomic E-state index is 0.153. The van der Waals surface area contributed by atoms with Gasteiger partial charge in [0.15, 0.2) is 0 Å². The smallest absolute Gasteiger partial charge is 0.148 e. The SMILES string of the molecule is CNC/C=C\CN1c2ccccc2N(c2ccc(C)cc2F)S1(O)O. The van der Waals surface area contributed by atoms with Gasteiger partial charge in [-0.1, -0.05) is 30.4 Å². The molecule has 134 valence electrons. The van der Waals surface area contributed by atoms with E-state index in [0.717, 1.165) is 5.56 Å². The van der Waals surface area contributed by atoms with Crippen LogP contribution in [0, 0.1) is 12.7 Å². The Bertz CT molecular complexity index is 798. The Kier molecular flexibility index (Phi) is 5.01. The van der Waals surface area contributed by atoms with Gasteiger partial charge in [-0.05, 0) is 54.8 Å². The standard InChI is InChI=1S/C18H22FN3O2S/c1-14-9-10-16(15(19)13-14)22-18-8-4-3-7-17(18)21(25(22,23)24)12-6-5-11-20-2/h3-10,13,20,23-24H,11-12H2,1-2H3/b6-5-. The van der Waals surface area contributed by atoms with Crippen molar-refractivity contribution in [1.82, 2.24) is 5.32 Å². The number of para-hydroxylation sites is 2. The fourth-order valence-corrected chi connectivity index (χ4v) is 4.55. The highest BCUT2D eigenvalue weighted by Gasteiger charge is 2.41. The van der Waals surface area contributed by atoms with Crippen molar-refractivity contribution in [3.63, 3.8) is 0 Å². The lowest BCUT2D eigenvalue weighted by Crippen LogP contribution is -2.31. The van der Waals surface area contributed by atoms with Crippen LogP contribution in [0.5, 0.6) is 0 Å². The van der Waals surface area contributed by atoms with E-state index in [1.54, 1.807) is 31.2 Å². The van der Waals surface area contributed by atoms with Crippen LogP contribution in [0.2, 0.25) is 0 Å². The molecular formula is C18H22FN3O2S. The van der Waals surface area contributed by atoms with Crippen molar-refractivity contribution in [2.45, 2.75) is 6.92 Å². The number of nitrogens with zero attached hydrogens (tertiary/aromatic N) is 2. The van der Waals surface area contributed by atoms with Crippen LogP contribution in [-0.2, 0) is 0 Å². The number of anilines is 3. The van der Waals surface area contributed by atoms with Crippen molar-refractivity contribution in [1.29, 1.82) is 0 Å². The van der Waals surface area contributed by atoms with Gasteiger partial charge in [-0.15, -0.1) is 0 Å². The molecule has 2 aromatic rings. The first-order valence-electron chi connectivity index (χ1n) is 7.98. The summed E-state index contributed by atoms with van der Waals surface area (Å²) in [6.45, 7) is 2.79. The minimum atomic E-state index is -3.41. The maximum atomic E-state index is 14.5. The largest absolute Gasteiger partial charge is 0.316 e. The van der Waals surface area contributed by atoms with Gasteiger partial charge in [0, 0.05) is 6.54 Å². The van der Waals surface area contributed by atoms with Crippen LogP contribution >= 0.6 is 11.0 Å². The van der Waals surface area contributed by atoms with E-state index in [-0.39, 0.29) is 5.69 Å². The average molecular weight is 363 g/mol. The summed E-state index contributed by atoms with van der Waals surface area (Å²) < 4.78 is 39.2. The van der Waals surface area contributed by atoms with Crippen LogP contribution in [0.3, 0.4) is 0 Å². The van der Waals surface area contributed by atoms with Crippen molar-refractivity contribution in [2.24, 2.45) is 0 Å². The van der Waals surface area contributed by atoms with E-state index in [9.17, 15) is 13.5 Å². The molecule has 5 nitrogen and oxygen atoms in total. The van der Waals surface area contributed by atoms with Gasteiger partial charge < -0.3 is 5.32 Å². The van der Waals surface area contributed by atoms with Gasteiger partial charge in [-0.3, -0.25) is 9.11 Å². The lowest BCUT2D eigenvalue weighted by Gasteiger charge is -2.43. The van der Waals surface area contributed by atoms with Crippen LogP contribution in [0.15, 0.2) is 54.6 Å². The second kappa shape index (κ2) is 7.05. The number of halogens is 1. The van der Waals surface area contributed by atoms with Crippen molar-refractivity contribution < 1.29 is 13.5 Å². The van der Waals surface area contributed by atoms with Gasteiger partial charge in [-0.25, -0.2) is 13.0 Å². The molecule has 0 fully saturated rings. The Labute approximate surface area is 149 Å². The summed E-state index contributed by atoms with van der Waals surface area (Å²) in [5, 5.41) is 3.00. The lowest BCUT2D eigenvalue weighted by atomic mass is 10.2. The number of hydrogen-bond acceptors (Lipinski definition) is 5. The molecule has 3 N–H and O–H groups in total. The van der Waals surface area contributed by atoms with Gasteiger partial charge >= 0.3 is 0 Å². The highest BCUT2D eigenvalue weighted by atomic mass is 32.3. The van der Waals surface area contributed by atoms with Gasteiger partial charge in [0.05, 0.1) is 17.9 Å². The molecule has 0 saturated heterocycles. The predicted molar refractivity (Wildman–Crippen MR) is 103 cm³/mol. The molecule has 0 spiro atoms. The predicted octanol–water partition coefficient (Wildman–Crippen LogP) is 4.45. The highest BCUT2D eigenvalue weighted by Crippen LogP contribution is 2.64. The lowest BCUT2D eigenvalue weighted by molar-refractivity contribution is 0.485. The Morgan fingerprint density at radius 1 is 1.08 bits per heavy atom. The number of benzene rings is 2. The summed E-state index contributed by atoms with van der Waals surface area (Å²) >= 11 is 0. The van der Waals surface area contributed by atoms with Crippen molar-refractivity contribution >= 4 is 28.0 Å². The van der Waals surface area contributed by atoms with E-state index in [0.29, 0.717) is 24.5 Å². The van der Waals surface area contributed by atoms with Crippen molar-refractivity contribution in [2.75, 3.05) is 28.7 Å². The molecule has 25 heavy (non-hydrogen) atoms. The second-order valence-corrected chi connectivity index (χ2v) is 7.60. The number of rotatable bonds is 5. The summed E-state index contributed by atoms with van der Waals surface area (Å²) in [7, 11) is -1.57. The van der Waals surface area contributed by atoms with Crippen LogP contribution in [0.4, 0.5) is 21.5 Å². The van der Waals surface area contributed by atoms with Crippen molar-refractivity contribution in [3.8, 4) is 0 Å². The summed E-state index contributed by atoms with van der Waals surface area (Å²) in [4.78, 5) is 0. The summed E-state index contributed by atoms with van der Waals surface area (Å²) in [6, 6.07) is 11.9. The second-order valence-electron chi connectivity index (χ2n) is 5.82. The van der Waals surface area contributed by atoms with Gasteiger partial charge in [-0.2, -0.15) is 0 Å². The molecule has 0 saturated carbocycles. The van der Waals surface area contributed by atoms with E-state index in [2.05, 4.69) is 5.32 Å². The Morgan fingerprint density at radius 3 is 2.48 bits per heavy atom. The van der Waals surface area contributed by atoms with Gasteiger partial charge in [0.1, 0.15) is 11.5 Å². The molecule has 0 radical (unpaired) electrons. The zero-order chi connectivity index (χ0) is 18.0. The van der Waals surface area contributed by atoms with Gasteiger partial charge in [0.2, 0.25) is 0 Å². The third kappa shape index (κ3) is 3.23. The van der Waals surface area contributed by atoms with Crippen LogP contribution in [-0.4, -0.2) is 29.2 Å². The molecule has 0 aromatic heterocycles. The molecule has 3 rings (SSSR count). The topological polar surface area (TPSA) is 59.0 Å². The molecule has 1 aliphatic heterocycles. The molecule has 0 unspecified atom stereocenters. The van der Waals surface area contributed by atoms with E-state index in [1.807, 2.05) is 31.3 Å². The van der Waals surface area contributed by atoms with Crippen LogP contribution < -0.4 is 13.9 Å². The zero-order valence-electron chi connectivity index (χ0n) is 14.2. The summed E-state index contributed by atoms with van der Waals surface area (Å²) in [6.07, 6.45) is 3.77. The number of likely N-dealkylation sites (N-methyl/N-ethyl adjacent to an activating group) is 1. The minimum Gasteiger partial charge on any atom is -0.316 e. The van der Waals surface area contributed by atoms with E-state index in [1.165, 1.54) is 14.7 Å². The third-order valence-corrected chi connectivity index (χ3v) is 5.81. The fraction of sp³-hybridized carbons (Fsp3) is 0.222. The maximum Gasteiger partial charge on any atom is 0.148 e. The number of fused-ring (bicyclic) bond motifs is 1. The molecule has 0 aliphatic carbocycles. The average Bonchev–Trinajstić information content (AvgIpc) is 2.79. The molecule has 0 atom stereocenters. The first-order valence-corrected chi connectivity index (χ1v) is 9.44. The summed E-state index contributed by atoms with van der Waals surface area (Å²) in [5.74, 6) is -0.484. The number of aryl methyl sites for hydroxylation is 1. The zero-order valence-corrected chi connectivity index (χ0v) is 15.0. The van der Waals surface area contributed by atoms with Crippen LogP contribution in [0.1, 0.15) is 5.56 Å². The van der Waals surface area contributed by atoms with E-state index in [4.69, 9.17) is 0 Å². The Balaban J connectivity index is 2.04. The quantitative estimate of drug-likeness (QED) is 0.685. The first kappa shape index (κ1) is 17.8. The molecule has 0 bridgehead atoms. The Morgan fingerprint density at radius 2 is 1.80 bits per heavy atom. The number of hydrogen-bond donors (Lipinski definition) is 3. The molecular weight excluding hydrogens is 341 g/mol. The molecule has 1 aliphatic rings. The Hall–Kier alpha value is -2.06. The monoisotopic (exact) mass is 363 g/mol. The van der Waals surface area contributed by atoms with E-state index < -0.39 is 16.8 Å². The normalized spacial score (nSPS) is 17.2. The summed E-state index contributed by atoms with van der Waals surface area (Å²) in [5.41, 5.74) is 2.17.